The van der Waals surface area contributed by atoms with Gasteiger partial charge in [-0.1, -0.05) is 12.1 Å². The number of aromatic amines is 1. The number of H-pyrrole nitrogens is 1. The van der Waals surface area contributed by atoms with Gasteiger partial charge in [-0.25, -0.2) is 14.1 Å². The van der Waals surface area contributed by atoms with Gasteiger partial charge in [0.2, 0.25) is 0 Å². The Morgan fingerprint density at radius 3 is 2.59 bits per heavy atom. The minimum absolute atomic E-state index is 0.0281. The maximum absolute atomic E-state index is 14.3. The molecule has 0 unspecified atom stereocenters. The lowest BCUT2D eigenvalue weighted by atomic mass is 9.93. The number of hydrogen-bond donors (Lipinski definition) is 3. The molecule has 1 aliphatic rings. The number of aromatic nitrogens is 4. The summed E-state index contributed by atoms with van der Waals surface area (Å²) in [5.74, 6) is -0.331. The van der Waals surface area contributed by atoms with Gasteiger partial charge in [-0.2, -0.15) is 23.5 Å². The average Bonchev–Trinajstić information content (AvgIpc) is 3.51. The highest BCUT2D eigenvalue weighted by Gasteiger charge is 2.38. The van der Waals surface area contributed by atoms with E-state index in [1.165, 1.54) is 35.0 Å². The van der Waals surface area contributed by atoms with Gasteiger partial charge < -0.3 is 15.4 Å². The molecule has 3 N–H and O–H groups in total. The maximum Gasteiger partial charge on any atom is 0.435 e. The molecule has 5 aromatic rings. The van der Waals surface area contributed by atoms with Gasteiger partial charge in [0.25, 0.3) is 0 Å². The number of fused-ring (bicyclic) bond motifs is 2. The predicted octanol–water partition coefficient (Wildman–Crippen LogP) is 6.31. The number of nitriles is 1. The number of benzene rings is 3. The summed E-state index contributed by atoms with van der Waals surface area (Å²) in [5.41, 5.74) is 1.26. The van der Waals surface area contributed by atoms with Crippen molar-refractivity contribution in [3.8, 4) is 23.1 Å². The molecule has 2 heterocycles. The molecule has 3 aromatic carbocycles. The number of aliphatic hydroxyl groups is 1. The summed E-state index contributed by atoms with van der Waals surface area (Å²) < 4.78 is 57.8. The number of rotatable bonds is 4. The van der Waals surface area contributed by atoms with Crippen LogP contribution in [0.15, 0.2) is 54.6 Å². The van der Waals surface area contributed by atoms with Gasteiger partial charge >= 0.3 is 6.18 Å². The number of alkyl halides is 3. The Morgan fingerprint density at radius 2 is 1.85 bits per heavy atom. The van der Waals surface area contributed by atoms with E-state index in [4.69, 9.17) is 0 Å². The SMILES string of the molecule is N#Cc1ccc(-n2nc(C(F)(F)F)c3c(-c4nc5ccc(F)cc5[nH]4)cccc32)cc1NC1CCC(O)CC1. The fraction of sp³-hybridized carbons (Fsp3) is 0.250. The van der Waals surface area contributed by atoms with Crippen molar-refractivity contribution in [2.75, 3.05) is 5.32 Å². The Hall–Kier alpha value is -4.43. The van der Waals surface area contributed by atoms with E-state index in [0.29, 0.717) is 53.7 Å². The largest absolute Gasteiger partial charge is 0.435 e. The normalized spacial score (nSPS) is 17.9. The summed E-state index contributed by atoms with van der Waals surface area (Å²) >= 11 is 0. The van der Waals surface area contributed by atoms with Crippen molar-refractivity contribution in [1.29, 1.82) is 5.26 Å². The van der Waals surface area contributed by atoms with Crippen LogP contribution < -0.4 is 5.32 Å². The molecular weight excluding hydrogens is 512 g/mol. The second-order valence-electron chi connectivity index (χ2n) is 9.70. The smallest absolute Gasteiger partial charge is 0.393 e. The van der Waals surface area contributed by atoms with Crippen LogP contribution in [-0.4, -0.2) is 37.0 Å². The molecule has 11 heteroatoms. The second kappa shape index (κ2) is 9.39. The topological polar surface area (TPSA) is 103 Å². The van der Waals surface area contributed by atoms with E-state index in [2.05, 4.69) is 26.5 Å². The van der Waals surface area contributed by atoms with Crippen LogP contribution in [0.25, 0.3) is 39.0 Å². The van der Waals surface area contributed by atoms with Crippen LogP contribution >= 0.6 is 0 Å². The van der Waals surface area contributed by atoms with Gasteiger partial charge in [-0.15, -0.1) is 0 Å². The lowest BCUT2D eigenvalue weighted by Crippen LogP contribution is -2.28. The van der Waals surface area contributed by atoms with Crippen LogP contribution in [0.1, 0.15) is 36.9 Å². The van der Waals surface area contributed by atoms with Crippen LogP contribution in [0.3, 0.4) is 0 Å². The fourth-order valence-corrected chi connectivity index (χ4v) is 5.19. The molecule has 0 atom stereocenters. The maximum atomic E-state index is 14.3. The first-order valence-corrected chi connectivity index (χ1v) is 12.4. The monoisotopic (exact) mass is 534 g/mol. The van der Waals surface area contributed by atoms with Gasteiger partial charge in [0, 0.05) is 17.0 Å². The van der Waals surface area contributed by atoms with Crippen molar-refractivity contribution in [2.24, 2.45) is 0 Å². The standard InChI is InChI=1S/C28H22F4N6O/c29-16-5-11-21-23(12-16)36-27(35-21)20-2-1-3-24-25(20)26(28(30,31)32)37-38(24)18-8-4-15(14-33)22(13-18)34-17-6-9-19(39)10-7-17/h1-5,8,11-13,17,19,34,39H,6-7,9-10H2,(H,35,36). The number of aliphatic hydroxyl groups excluding tert-OH is 1. The van der Waals surface area contributed by atoms with E-state index in [-0.39, 0.29) is 34.4 Å². The first-order valence-electron chi connectivity index (χ1n) is 12.4. The van der Waals surface area contributed by atoms with Crippen LogP contribution in [0.2, 0.25) is 0 Å². The Balaban J connectivity index is 1.49. The van der Waals surface area contributed by atoms with E-state index in [9.17, 15) is 27.9 Å². The third kappa shape index (κ3) is 4.57. The lowest BCUT2D eigenvalue weighted by molar-refractivity contribution is -0.140. The minimum Gasteiger partial charge on any atom is -0.393 e. The molecule has 0 bridgehead atoms. The Morgan fingerprint density at radius 1 is 1.05 bits per heavy atom. The zero-order valence-electron chi connectivity index (χ0n) is 20.4. The molecule has 0 saturated heterocycles. The van der Waals surface area contributed by atoms with Crippen LogP contribution in [0.5, 0.6) is 0 Å². The molecule has 2 aromatic heterocycles. The van der Waals surface area contributed by atoms with Crippen LogP contribution in [0.4, 0.5) is 23.2 Å². The van der Waals surface area contributed by atoms with E-state index >= 15 is 0 Å². The van der Waals surface area contributed by atoms with Gasteiger partial charge in [0.15, 0.2) is 5.69 Å². The Kier molecular flexibility index (Phi) is 5.99. The first kappa shape index (κ1) is 24.9. The van der Waals surface area contributed by atoms with E-state index in [0.717, 1.165) is 0 Å². The molecule has 1 fully saturated rings. The molecule has 0 aliphatic heterocycles. The Labute approximate surface area is 219 Å². The lowest BCUT2D eigenvalue weighted by Gasteiger charge is -2.27. The molecular formula is C28H22F4N6O. The van der Waals surface area contributed by atoms with E-state index < -0.39 is 17.7 Å². The van der Waals surface area contributed by atoms with Gasteiger partial charge in [-0.3, -0.25) is 0 Å². The van der Waals surface area contributed by atoms with Crippen molar-refractivity contribution in [3.05, 3.63) is 71.7 Å². The highest BCUT2D eigenvalue weighted by molar-refractivity contribution is 5.98. The van der Waals surface area contributed by atoms with E-state index in [1.54, 1.807) is 24.3 Å². The summed E-state index contributed by atoms with van der Waals surface area (Å²) in [7, 11) is 0. The highest BCUT2D eigenvalue weighted by Crippen LogP contribution is 2.40. The molecule has 6 rings (SSSR count). The van der Waals surface area contributed by atoms with Crippen LogP contribution in [-0.2, 0) is 6.18 Å². The second-order valence-corrected chi connectivity index (χ2v) is 9.70. The molecule has 0 spiro atoms. The summed E-state index contributed by atoms with van der Waals surface area (Å²) in [6, 6.07) is 15.5. The number of nitrogens with one attached hydrogen (secondary N) is 2. The molecule has 1 aliphatic carbocycles. The van der Waals surface area contributed by atoms with Crippen LogP contribution in [0, 0.1) is 17.1 Å². The number of halogens is 4. The summed E-state index contributed by atoms with van der Waals surface area (Å²) in [5, 5.41) is 26.6. The van der Waals surface area contributed by atoms with Crippen molar-refractivity contribution in [1.82, 2.24) is 19.7 Å². The van der Waals surface area contributed by atoms with Crippen molar-refractivity contribution >= 4 is 27.6 Å². The van der Waals surface area contributed by atoms with Gasteiger partial charge in [-0.05, 0) is 68.1 Å². The summed E-state index contributed by atoms with van der Waals surface area (Å²) in [6.07, 6.45) is -2.42. The molecule has 0 amide bonds. The quantitative estimate of drug-likeness (QED) is 0.235. The van der Waals surface area contributed by atoms with Gasteiger partial charge in [0.05, 0.1) is 39.6 Å². The average molecular weight is 535 g/mol. The zero-order chi connectivity index (χ0) is 27.3. The number of imidazole rings is 1. The number of anilines is 1. The number of hydrogen-bond acceptors (Lipinski definition) is 5. The summed E-state index contributed by atoms with van der Waals surface area (Å²) in [6.45, 7) is 0. The molecule has 7 nitrogen and oxygen atoms in total. The molecule has 0 radical (unpaired) electrons. The predicted molar refractivity (Wildman–Crippen MR) is 138 cm³/mol. The number of nitrogens with zero attached hydrogens (tertiary/aromatic N) is 4. The highest BCUT2D eigenvalue weighted by atomic mass is 19.4. The fourth-order valence-electron chi connectivity index (χ4n) is 5.19. The van der Waals surface area contributed by atoms with Crippen molar-refractivity contribution in [3.63, 3.8) is 0 Å². The van der Waals surface area contributed by atoms with E-state index in [1.807, 2.05) is 0 Å². The zero-order valence-corrected chi connectivity index (χ0v) is 20.4. The Bertz CT molecular complexity index is 1740. The van der Waals surface area contributed by atoms with Gasteiger partial charge in [0.1, 0.15) is 17.7 Å². The minimum atomic E-state index is -4.77. The third-order valence-corrected chi connectivity index (χ3v) is 7.10. The summed E-state index contributed by atoms with van der Waals surface area (Å²) in [4.78, 5) is 7.32. The van der Waals surface area contributed by atoms with Crippen molar-refractivity contribution < 1.29 is 22.7 Å². The molecule has 1 saturated carbocycles. The van der Waals surface area contributed by atoms with Crippen molar-refractivity contribution in [2.45, 2.75) is 44.0 Å². The first-order chi connectivity index (χ1) is 18.7. The third-order valence-electron chi connectivity index (χ3n) is 7.10. The molecule has 39 heavy (non-hydrogen) atoms. The molecule has 198 valence electrons.